The largest absolute Gasteiger partial charge is 0.494 e. The van der Waals surface area contributed by atoms with Gasteiger partial charge in [-0.15, -0.1) is 0 Å². The first-order valence-electron chi connectivity index (χ1n) is 9.03. The summed E-state index contributed by atoms with van der Waals surface area (Å²) in [5.74, 6) is 1.56. The number of pyridine rings is 1. The fraction of sp³-hybridized carbons (Fsp3) is 0.273. The Hall–Kier alpha value is -3.08. The van der Waals surface area contributed by atoms with Crippen LogP contribution in [-0.2, 0) is 17.8 Å². The molecule has 0 spiro atoms. The minimum absolute atomic E-state index is 0.0948. The van der Waals surface area contributed by atoms with E-state index in [4.69, 9.17) is 9.47 Å². The number of benzene rings is 2. The summed E-state index contributed by atoms with van der Waals surface area (Å²) in [5, 5.41) is 1.00. The normalized spacial score (nSPS) is 15.7. The molecule has 3 aromatic rings. The van der Waals surface area contributed by atoms with E-state index in [-0.39, 0.29) is 11.8 Å². The highest BCUT2D eigenvalue weighted by molar-refractivity contribution is 5.88. The lowest BCUT2D eigenvalue weighted by atomic mass is 9.95. The van der Waals surface area contributed by atoms with Crippen LogP contribution in [0.2, 0.25) is 0 Å². The second kappa shape index (κ2) is 7.27. The van der Waals surface area contributed by atoms with E-state index in [9.17, 15) is 4.79 Å². The maximum atomic E-state index is 13.0. The maximum absolute atomic E-state index is 13.0. The van der Waals surface area contributed by atoms with Crippen LogP contribution in [0.1, 0.15) is 11.1 Å². The number of hydrogen-bond acceptors (Lipinski definition) is 4. The summed E-state index contributed by atoms with van der Waals surface area (Å²) in [4.78, 5) is 19.2. The summed E-state index contributed by atoms with van der Waals surface area (Å²) in [6.45, 7) is 0.939. The second-order valence-corrected chi connectivity index (χ2v) is 6.84. The lowest BCUT2D eigenvalue weighted by molar-refractivity contribution is -0.136. The molecular formula is C22H22N2O3. The van der Waals surface area contributed by atoms with Crippen LogP contribution in [0.25, 0.3) is 10.9 Å². The van der Waals surface area contributed by atoms with Gasteiger partial charge in [0.15, 0.2) is 0 Å². The van der Waals surface area contributed by atoms with E-state index in [1.54, 1.807) is 18.2 Å². The minimum Gasteiger partial charge on any atom is -0.494 e. The Morgan fingerprint density at radius 2 is 2.07 bits per heavy atom. The van der Waals surface area contributed by atoms with Crippen LogP contribution in [0.4, 0.5) is 0 Å². The van der Waals surface area contributed by atoms with Gasteiger partial charge in [0.1, 0.15) is 23.6 Å². The molecule has 4 rings (SSSR count). The third-order valence-electron chi connectivity index (χ3n) is 5.05. The number of nitrogens with zero attached hydrogens (tertiary/aromatic N) is 2. The van der Waals surface area contributed by atoms with E-state index in [0.29, 0.717) is 19.6 Å². The van der Waals surface area contributed by atoms with E-state index < -0.39 is 0 Å². The van der Waals surface area contributed by atoms with Crippen molar-refractivity contribution in [2.75, 3.05) is 20.8 Å². The van der Waals surface area contributed by atoms with Crippen LogP contribution in [0.15, 0.2) is 54.7 Å². The fourth-order valence-electron chi connectivity index (χ4n) is 3.64. The molecule has 1 amide bonds. The number of carbonyl (C=O) groups is 1. The van der Waals surface area contributed by atoms with Gasteiger partial charge in [0.25, 0.3) is 0 Å². The van der Waals surface area contributed by atoms with Crippen molar-refractivity contribution < 1.29 is 14.3 Å². The smallest absolute Gasteiger partial charge is 0.229 e. The Balaban J connectivity index is 1.54. The third-order valence-corrected chi connectivity index (χ3v) is 5.05. The monoisotopic (exact) mass is 362 g/mol. The van der Waals surface area contributed by atoms with Gasteiger partial charge in [-0.05, 0) is 35.7 Å². The van der Waals surface area contributed by atoms with Crippen molar-refractivity contribution in [3.05, 3.63) is 65.9 Å². The van der Waals surface area contributed by atoms with Crippen LogP contribution in [-0.4, -0.2) is 36.6 Å². The van der Waals surface area contributed by atoms with Crippen LogP contribution in [0.3, 0.4) is 0 Å². The SMILES string of the molecule is COc1ccc(CN(C)C(=O)[C@@H]2COc3ccccc3C2)c2cccnc12. The molecule has 1 aliphatic rings. The number of amides is 1. The van der Waals surface area contributed by atoms with E-state index >= 15 is 0 Å². The molecule has 0 N–H and O–H groups in total. The molecule has 1 aromatic heterocycles. The number of rotatable bonds is 4. The predicted molar refractivity (Wildman–Crippen MR) is 104 cm³/mol. The molecule has 5 nitrogen and oxygen atoms in total. The van der Waals surface area contributed by atoms with E-state index in [2.05, 4.69) is 4.98 Å². The number of para-hydroxylation sites is 1. The lowest BCUT2D eigenvalue weighted by Gasteiger charge is -2.28. The molecule has 0 saturated heterocycles. The quantitative estimate of drug-likeness (QED) is 0.713. The van der Waals surface area contributed by atoms with Gasteiger partial charge in [0, 0.05) is 25.2 Å². The predicted octanol–water partition coefficient (Wildman–Crippen LogP) is 3.45. The van der Waals surface area contributed by atoms with Crippen LogP contribution >= 0.6 is 0 Å². The van der Waals surface area contributed by atoms with Crippen molar-refractivity contribution in [1.82, 2.24) is 9.88 Å². The first kappa shape index (κ1) is 17.3. The molecular weight excluding hydrogens is 340 g/mol. The summed E-state index contributed by atoms with van der Waals surface area (Å²) in [5.41, 5.74) is 2.95. The summed E-state index contributed by atoms with van der Waals surface area (Å²) in [6.07, 6.45) is 2.46. The molecule has 2 heterocycles. The number of methoxy groups -OCH3 is 1. The van der Waals surface area contributed by atoms with Crippen molar-refractivity contribution in [2.24, 2.45) is 5.92 Å². The number of fused-ring (bicyclic) bond motifs is 2. The van der Waals surface area contributed by atoms with Gasteiger partial charge < -0.3 is 14.4 Å². The van der Waals surface area contributed by atoms with E-state index in [1.165, 1.54) is 0 Å². The molecule has 0 radical (unpaired) electrons. The summed E-state index contributed by atoms with van der Waals surface area (Å²) >= 11 is 0. The molecule has 0 bridgehead atoms. The molecule has 1 aliphatic heterocycles. The molecule has 0 fully saturated rings. The zero-order valence-electron chi connectivity index (χ0n) is 15.5. The molecule has 27 heavy (non-hydrogen) atoms. The zero-order chi connectivity index (χ0) is 18.8. The van der Waals surface area contributed by atoms with Crippen molar-refractivity contribution >= 4 is 16.8 Å². The highest BCUT2D eigenvalue weighted by Crippen LogP contribution is 2.29. The number of aromatic nitrogens is 1. The van der Waals surface area contributed by atoms with E-state index in [0.717, 1.165) is 33.5 Å². The van der Waals surface area contributed by atoms with E-state index in [1.807, 2.05) is 55.6 Å². The Morgan fingerprint density at radius 3 is 2.93 bits per heavy atom. The summed E-state index contributed by atoms with van der Waals surface area (Å²) in [7, 11) is 3.48. The molecule has 5 heteroatoms. The van der Waals surface area contributed by atoms with Gasteiger partial charge in [0.2, 0.25) is 5.91 Å². The first-order valence-corrected chi connectivity index (χ1v) is 9.03. The topological polar surface area (TPSA) is 51.7 Å². The Morgan fingerprint density at radius 1 is 1.22 bits per heavy atom. The van der Waals surface area contributed by atoms with Gasteiger partial charge in [-0.2, -0.15) is 0 Å². The van der Waals surface area contributed by atoms with Crippen molar-refractivity contribution in [3.63, 3.8) is 0 Å². The first-order chi connectivity index (χ1) is 13.2. The third kappa shape index (κ3) is 3.33. The van der Waals surface area contributed by atoms with Gasteiger partial charge in [-0.3, -0.25) is 9.78 Å². The minimum atomic E-state index is -0.160. The van der Waals surface area contributed by atoms with Crippen LogP contribution in [0.5, 0.6) is 11.5 Å². The summed E-state index contributed by atoms with van der Waals surface area (Å²) in [6, 6.07) is 15.7. The van der Waals surface area contributed by atoms with Crippen molar-refractivity contribution in [1.29, 1.82) is 0 Å². The average Bonchev–Trinajstić information content (AvgIpc) is 2.73. The Kier molecular flexibility index (Phi) is 4.67. The molecule has 0 aliphatic carbocycles. The molecule has 0 saturated carbocycles. The Labute approximate surface area is 158 Å². The lowest BCUT2D eigenvalue weighted by Crippen LogP contribution is -2.38. The van der Waals surface area contributed by atoms with Crippen LogP contribution < -0.4 is 9.47 Å². The number of ether oxygens (including phenoxy) is 2. The van der Waals surface area contributed by atoms with Crippen LogP contribution in [0, 0.1) is 5.92 Å². The fourth-order valence-corrected chi connectivity index (χ4v) is 3.64. The Bertz CT molecular complexity index is 986. The molecule has 2 aromatic carbocycles. The standard InChI is InChI=1S/C22H22N2O3/c1-24(22(25)17-12-15-6-3-4-8-19(15)27-14-17)13-16-9-10-20(26-2)21-18(16)7-5-11-23-21/h3-11,17H,12-14H2,1-2H3/t17-/m0/s1. The zero-order valence-corrected chi connectivity index (χ0v) is 15.5. The highest BCUT2D eigenvalue weighted by atomic mass is 16.5. The maximum Gasteiger partial charge on any atom is 0.229 e. The number of hydrogen-bond donors (Lipinski definition) is 0. The molecule has 0 unspecified atom stereocenters. The van der Waals surface area contributed by atoms with Gasteiger partial charge in [0.05, 0.1) is 13.0 Å². The number of carbonyl (C=O) groups excluding carboxylic acids is 1. The van der Waals surface area contributed by atoms with Gasteiger partial charge in [-0.25, -0.2) is 0 Å². The average molecular weight is 362 g/mol. The van der Waals surface area contributed by atoms with Gasteiger partial charge in [-0.1, -0.05) is 30.3 Å². The highest BCUT2D eigenvalue weighted by Gasteiger charge is 2.28. The molecule has 138 valence electrons. The molecule has 1 atom stereocenters. The second-order valence-electron chi connectivity index (χ2n) is 6.84. The van der Waals surface area contributed by atoms with Crippen molar-refractivity contribution in [3.8, 4) is 11.5 Å². The summed E-state index contributed by atoms with van der Waals surface area (Å²) < 4.78 is 11.2. The van der Waals surface area contributed by atoms with Gasteiger partial charge >= 0.3 is 0 Å². The van der Waals surface area contributed by atoms with Crippen molar-refractivity contribution in [2.45, 2.75) is 13.0 Å².